The minimum Gasteiger partial charge on any atom is -0.371 e. The fourth-order valence-electron chi connectivity index (χ4n) is 5.73. The minimum atomic E-state index is -0.530. The first-order chi connectivity index (χ1) is 19.3. The van der Waals surface area contributed by atoms with E-state index in [1.807, 2.05) is 45.0 Å². The summed E-state index contributed by atoms with van der Waals surface area (Å²) in [5.41, 5.74) is 5.60. The number of carbonyl (C=O) groups is 3. The smallest absolute Gasteiger partial charge is 0.323 e. The van der Waals surface area contributed by atoms with E-state index in [1.165, 1.54) is 6.42 Å². The van der Waals surface area contributed by atoms with Gasteiger partial charge in [-0.05, 0) is 81.7 Å². The lowest BCUT2D eigenvalue weighted by Gasteiger charge is -2.28. The van der Waals surface area contributed by atoms with Crippen LogP contribution >= 0.6 is 0 Å². The third-order valence-electron chi connectivity index (χ3n) is 7.94. The summed E-state index contributed by atoms with van der Waals surface area (Å²) in [6, 6.07) is 8.75. The van der Waals surface area contributed by atoms with Crippen molar-refractivity contribution >= 4 is 35.3 Å². The number of nitrogens with one attached hydrogen (secondary N) is 3. The van der Waals surface area contributed by atoms with Crippen molar-refractivity contribution in [2.45, 2.75) is 98.4 Å². The van der Waals surface area contributed by atoms with Crippen LogP contribution < -0.4 is 20.9 Å². The average Bonchev–Trinajstić information content (AvgIpc) is 2.94. The number of nitrogens with zero attached hydrogens (tertiary/aromatic N) is 1. The average molecular weight is 549 g/mol. The van der Waals surface area contributed by atoms with Crippen LogP contribution in [0.1, 0.15) is 98.7 Å². The maximum absolute atomic E-state index is 13.5. The highest BCUT2D eigenvalue weighted by Gasteiger charge is 2.26. The Hall–Kier alpha value is -3.35. The third-order valence-corrected chi connectivity index (χ3v) is 7.94. The summed E-state index contributed by atoms with van der Waals surface area (Å²) < 4.78 is 0. The van der Waals surface area contributed by atoms with Crippen molar-refractivity contribution in [1.29, 1.82) is 0 Å². The Morgan fingerprint density at radius 3 is 2.12 bits per heavy atom. The zero-order valence-corrected chi connectivity index (χ0v) is 25.1. The first-order valence-electron chi connectivity index (χ1n) is 15.1. The fraction of sp³-hybridized carbons (Fsp3) is 0.545. The molecule has 0 unspecified atom stereocenters. The molecule has 2 aromatic rings. The van der Waals surface area contributed by atoms with Crippen LogP contribution in [-0.2, 0) is 4.79 Å². The maximum atomic E-state index is 13.5. The van der Waals surface area contributed by atoms with Gasteiger partial charge in [0.1, 0.15) is 6.29 Å². The quantitative estimate of drug-likeness (QED) is 0.226. The van der Waals surface area contributed by atoms with Crippen LogP contribution in [0.2, 0.25) is 0 Å². The predicted octanol–water partition coefficient (Wildman–Crippen LogP) is 7.54. The van der Waals surface area contributed by atoms with E-state index in [4.69, 9.17) is 0 Å². The van der Waals surface area contributed by atoms with E-state index >= 15 is 0 Å². The molecule has 0 bridgehead atoms. The molecule has 0 aliphatic heterocycles. The van der Waals surface area contributed by atoms with Crippen molar-refractivity contribution in [3.8, 4) is 0 Å². The highest BCUT2D eigenvalue weighted by molar-refractivity contribution is 6.08. The van der Waals surface area contributed by atoms with Gasteiger partial charge in [-0.3, -0.25) is 4.79 Å². The summed E-state index contributed by atoms with van der Waals surface area (Å²) >= 11 is 0. The Kier molecular flexibility index (Phi) is 12.0. The second-order valence-electron chi connectivity index (χ2n) is 11.3. The molecule has 40 heavy (non-hydrogen) atoms. The Labute approximate surface area is 240 Å². The van der Waals surface area contributed by atoms with Crippen molar-refractivity contribution in [3.63, 3.8) is 0 Å². The predicted molar refractivity (Wildman–Crippen MR) is 166 cm³/mol. The molecule has 0 aromatic heterocycles. The van der Waals surface area contributed by atoms with Gasteiger partial charge in [0, 0.05) is 24.5 Å². The number of benzene rings is 2. The number of hydrogen-bond donors (Lipinski definition) is 3. The van der Waals surface area contributed by atoms with Gasteiger partial charge >= 0.3 is 6.03 Å². The van der Waals surface area contributed by atoms with Gasteiger partial charge in [-0.2, -0.15) is 0 Å². The van der Waals surface area contributed by atoms with Crippen molar-refractivity contribution in [1.82, 2.24) is 5.32 Å². The van der Waals surface area contributed by atoms with Crippen LogP contribution in [0.25, 0.3) is 0 Å². The van der Waals surface area contributed by atoms with Crippen LogP contribution in [0.5, 0.6) is 0 Å². The van der Waals surface area contributed by atoms with E-state index in [-0.39, 0.29) is 11.8 Å². The molecule has 1 saturated carbocycles. The summed E-state index contributed by atoms with van der Waals surface area (Å²) in [7, 11) is 0. The van der Waals surface area contributed by atoms with E-state index in [9.17, 15) is 14.4 Å². The van der Waals surface area contributed by atoms with E-state index < -0.39 is 12.1 Å². The largest absolute Gasteiger partial charge is 0.371 e. The molecule has 1 atom stereocenters. The molecule has 3 amide bonds. The van der Waals surface area contributed by atoms with Crippen LogP contribution in [0.15, 0.2) is 30.3 Å². The van der Waals surface area contributed by atoms with Gasteiger partial charge in [-0.1, -0.05) is 63.6 Å². The number of urea groups is 1. The first kappa shape index (κ1) is 31.2. The van der Waals surface area contributed by atoms with Crippen molar-refractivity contribution in [2.24, 2.45) is 5.92 Å². The lowest BCUT2D eigenvalue weighted by Crippen LogP contribution is -2.42. The van der Waals surface area contributed by atoms with Crippen LogP contribution in [0, 0.1) is 26.7 Å². The SMILES string of the molecule is CCCCN(CCCC)c1ccc(C(=O)N[C@H](C=O)C2CCCCC2)c(NC(=O)Nc2c(C)cc(C)cc2C)c1. The van der Waals surface area contributed by atoms with Gasteiger partial charge < -0.3 is 25.6 Å². The third kappa shape index (κ3) is 8.57. The normalized spacial score (nSPS) is 14.3. The molecule has 2 aromatic carbocycles. The van der Waals surface area contributed by atoms with Crippen molar-refractivity contribution < 1.29 is 14.4 Å². The number of aldehydes is 1. The molecule has 1 fully saturated rings. The second-order valence-corrected chi connectivity index (χ2v) is 11.3. The number of rotatable bonds is 13. The first-order valence-corrected chi connectivity index (χ1v) is 15.1. The lowest BCUT2D eigenvalue weighted by atomic mass is 9.84. The summed E-state index contributed by atoms with van der Waals surface area (Å²) in [5, 5.41) is 8.92. The molecule has 0 radical (unpaired) electrons. The van der Waals surface area contributed by atoms with Crippen LogP contribution in [0.4, 0.5) is 21.9 Å². The van der Waals surface area contributed by atoms with Crippen LogP contribution in [0.3, 0.4) is 0 Å². The van der Waals surface area contributed by atoms with E-state index in [0.717, 1.165) is 98.8 Å². The van der Waals surface area contributed by atoms with Gasteiger partial charge in [-0.15, -0.1) is 0 Å². The lowest BCUT2D eigenvalue weighted by molar-refractivity contribution is -0.110. The number of carbonyl (C=O) groups excluding carboxylic acids is 3. The molecule has 3 rings (SSSR count). The molecule has 7 nitrogen and oxygen atoms in total. The molecule has 1 aliphatic carbocycles. The highest BCUT2D eigenvalue weighted by Crippen LogP contribution is 2.29. The molecule has 0 spiro atoms. The molecular formula is C33H48N4O3. The monoisotopic (exact) mass is 548 g/mol. The summed E-state index contributed by atoms with van der Waals surface area (Å²) in [4.78, 5) is 41.1. The zero-order chi connectivity index (χ0) is 29.1. The van der Waals surface area contributed by atoms with E-state index in [2.05, 4.69) is 34.7 Å². The molecule has 218 valence electrons. The number of hydrogen-bond acceptors (Lipinski definition) is 4. The summed E-state index contributed by atoms with van der Waals surface area (Å²) in [5.74, 6) is -0.193. The Balaban J connectivity index is 1.91. The Morgan fingerprint density at radius 1 is 0.925 bits per heavy atom. The van der Waals surface area contributed by atoms with Gasteiger partial charge in [-0.25, -0.2) is 4.79 Å². The maximum Gasteiger partial charge on any atom is 0.323 e. The Bertz CT molecular complexity index is 1130. The van der Waals surface area contributed by atoms with E-state index in [1.54, 1.807) is 6.07 Å². The number of amides is 3. The second kappa shape index (κ2) is 15.4. The molecule has 0 saturated heterocycles. The molecule has 7 heteroatoms. The summed E-state index contributed by atoms with van der Waals surface area (Å²) in [6.07, 6.45) is 10.4. The highest BCUT2D eigenvalue weighted by atomic mass is 16.2. The molecular weight excluding hydrogens is 500 g/mol. The number of unbranched alkanes of at least 4 members (excludes halogenated alkanes) is 2. The Morgan fingerprint density at radius 2 is 1.55 bits per heavy atom. The van der Waals surface area contributed by atoms with E-state index in [0.29, 0.717) is 11.3 Å². The number of aryl methyl sites for hydroxylation is 3. The van der Waals surface area contributed by atoms with Gasteiger partial charge in [0.15, 0.2) is 0 Å². The molecule has 3 N–H and O–H groups in total. The van der Waals surface area contributed by atoms with Crippen LogP contribution in [-0.4, -0.2) is 37.4 Å². The zero-order valence-electron chi connectivity index (χ0n) is 25.1. The van der Waals surface area contributed by atoms with Gasteiger partial charge in [0.25, 0.3) is 5.91 Å². The molecule has 1 aliphatic rings. The van der Waals surface area contributed by atoms with Gasteiger partial charge in [0.05, 0.1) is 17.3 Å². The molecule has 0 heterocycles. The van der Waals surface area contributed by atoms with Crippen molar-refractivity contribution in [3.05, 3.63) is 52.6 Å². The standard InChI is InChI=1S/C33H48N4O3/c1-6-8-17-37(18-9-7-2)27-15-16-28(32(39)34-30(22-38)26-13-11-10-12-14-26)29(21-27)35-33(40)36-31-24(4)19-23(3)20-25(31)5/h15-16,19-22,26,30H,6-14,17-18H2,1-5H3,(H,34,39)(H2,35,36,40)/t30-/m1/s1. The number of anilines is 3. The van der Waals surface area contributed by atoms with Crippen molar-refractivity contribution in [2.75, 3.05) is 28.6 Å². The topological polar surface area (TPSA) is 90.5 Å². The summed E-state index contributed by atoms with van der Waals surface area (Å²) in [6.45, 7) is 12.1. The fourth-order valence-corrected chi connectivity index (χ4v) is 5.73. The van der Waals surface area contributed by atoms with Gasteiger partial charge in [0.2, 0.25) is 0 Å². The minimum absolute atomic E-state index is 0.153.